The topological polar surface area (TPSA) is 32.6 Å². The highest BCUT2D eigenvalue weighted by molar-refractivity contribution is 6.33. The van der Waals surface area contributed by atoms with Crippen LogP contribution in [0.4, 0.5) is 23.2 Å². The molecule has 5 aromatic carbocycles. The minimum atomic E-state index is -3.84. The van der Waals surface area contributed by atoms with Gasteiger partial charge in [0, 0.05) is 49.3 Å². The summed E-state index contributed by atoms with van der Waals surface area (Å²) in [5.74, 6) is -7.68. The fourth-order valence-corrected chi connectivity index (χ4v) is 13.2. The molecule has 0 unspecified atom stereocenters. The fraction of sp³-hybridized carbons (Fsp3) is 0.444. The first-order chi connectivity index (χ1) is 28.9. The van der Waals surface area contributed by atoms with Gasteiger partial charge in [0.15, 0.2) is 5.69 Å². The molecule has 0 amide bonds. The van der Waals surface area contributed by atoms with Gasteiger partial charge in [0.05, 0.1) is 29.2 Å². The van der Waals surface area contributed by atoms with Crippen LogP contribution in [0.15, 0.2) is 54.6 Å². The molecule has 7 aromatic rings. The zero-order valence-corrected chi connectivity index (χ0v) is 36.0. The van der Waals surface area contributed by atoms with Crippen LogP contribution in [-0.2, 0) is 33.5 Å². The van der Waals surface area contributed by atoms with Crippen molar-refractivity contribution in [1.82, 2.24) is 4.40 Å². The van der Waals surface area contributed by atoms with E-state index in [2.05, 4.69) is 64.6 Å². The number of hydrogen-bond acceptors (Lipinski definition) is 1. The standard InChI is InChI=1S/C54H51F4N3/c1-49(2,3)31-25-33-32(37(26-31)50(4,5)6)27-34-41-40(28-38(60-7)45-47(41)54(57,58)36-17-11-10-16-35(36)53(45,55)56)61-39-24-30(29-59)44-46(43(39)42(33)48(34)61)52(20-14-9-15-21-52)23-22-51(44)18-12-8-13-19-51/h10-11,16-17,24-28H,8-9,12-15,18-23H2,1-6H3. The second-order valence-corrected chi connectivity index (χ2v) is 21.3. The van der Waals surface area contributed by atoms with Crippen molar-refractivity contribution in [3.05, 3.63) is 116 Å². The number of alkyl halides is 4. The molecule has 0 N–H and O–H groups in total. The smallest absolute Gasteiger partial charge is 0.298 e. The number of hydrogen-bond donors (Lipinski definition) is 0. The van der Waals surface area contributed by atoms with Crippen LogP contribution < -0.4 is 0 Å². The van der Waals surface area contributed by atoms with E-state index in [1.165, 1.54) is 42.2 Å². The molecule has 11 rings (SSSR count). The monoisotopic (exact) mass is 817 g/mol. The van der Waals surface area contributed by atoms with E-state index < -0.39 is 39.8 Å². The van der Waals surface area contributed by atoms with Crippen molar-refractivity contribution in [3.8, 4) is 6.07 Å². The average Bonchev–Trinajstić information content (AvgIpc) is 3.74. The molecule has 2 heterocycles. The Kier molecular flexibility index (Phi) is 7.80. The molecular formula is C54H51F4N3. The number of nitriles is 1. The summed E-state index contributed by atoms with van der Waals surface area (Å²) < 4.78 is 71.2. The molecule has 0 bridgehead atoms. The molecule has 4 aliphatic rings. The molecule has 0 radical (unpaired) electrons. The predicted molar refractivity (Wildman–Crippen MR) is 238 cm³/mol. The highest BCUT2D eigenvalue weighted by atomic mass is 19.3. The molecule has 310 valence electrons. The zero-order chi connectivity index (χ0) is 42.8. The van der Waals surface area contributed by atoms with Gasteiger partial charge in [-0.1, -0.05) is 110 Å². The van der Waals surface area contributed by atoms with Crippen molar-refractivity contribution in [1.29, 1.82) is 5.26 Å². The van der Waals surface area contributed by atoms with Crippen molar-refractivity contribution in [2.75, 3.05) is 0 Å². The van der Waals surface area contributed by atoms with Gasteiger partial charge < -0.3 is 4.40 Å². The lowest BCUT2D eigenvalue weighted by atomic mass is 9.52. The first-order valence-corrected chi connectivity index (χ1v) is 22.4. The van der Waals surface area contributed by atoms with Gasteiger partial charge in [-0.15, -0.1) is 0 Å². The summed E-state index contributed by atoms with van der Waals surface area (Å²) in [6.45, 7) is 21.5. The average molecular weight is 818 g/mol. The van der Waals surface area contributed by atoms with E-state index in [0.29, 0.717) is 22.0 Å². The van der Waals surface area contributed by atoms with Crippen molar-refractivity contribution >= 4 is 54.6 Å². The van der Waals surface area contributed by atoms with Gasteiger partial charge in [-0.2, -0.15) is 22.8 Å². The van der Waals surface area contributed by atoms with Gasteiger partial charge >= 0.3 is 0 Å². The molecule has 4 aliphatic carbocycles. The SMILES string of the molecule is [C-]#[N+]c1cc2c(c3c1C(F)(F)c1ccccc1C3(F)F)c1cc3c(C(C)(C)C)cc(C(C)(C)C)cc3c3c4c5c(c(C#N)cc4n2c13)C1(CCCCC1)CCC51CCCCC1. The molecule has 0 saturated heterocycles. The van der Waals surface area contributed by atoms with E-state index in [0.717, 1.165) is 115 Å². The number of benzene rings is 5. The van der Waals surface area contributed by atoms with Gasteiger partial charge in [-0.3, -0.25) is 0 Å². The molecular weight excluding hydrogens is 767 g/mol. The maximum absolute atomic E-state index is 17.6. The van der Waals surface area contributed by atoms with E-state index in [9.17, 15) is 5.26 Å². The summed E-state index contributed by atoms with van der Waals surface area (Å²) in [5, 5.41) is 15.8. The second-order valence-electron chi connectivity index (χ2n) is 21.3. The lowest BCUT2D eigenvalue weighted by Crippen LogP contribution is -2.43. The molecule has 0 atom stereocenters. The van der Waals surface area contributed by atoms with Crippen molar-refractivity contribution < 1.29 is 17.6 Å². The molecule has 3 nitrogen and oxygen atoms in total. The Bertz CT molecular complexity index is 3140. The van der Waals surface area contributed by atoms with Crippen LogP contribution in [0.25, 0.3) is 53.7 Å². The Morgan fingerprint density at radius 1 is 0.607 bits per heavy atom. The molecule has 0 aliphatic heterocycles. The summed E-state index contributed by atoms with van der Waals surface area (Å²) in [6.07, 6.45) is 13.0. The van der Waals surface area contributed by atoms with Gasteiger partial charge in [0.2, 0.25) is 0 Å². The summed E-state index contributed by atoms with van der Waals surface area (Å²) in [4.78, 5) is 3.63. The quantitative estimate of drug-likeness (QED) is 0.111. The van der Waals surface area contributed by atoms with E-state index >= 15 is 17.6 Å². The van der Waals surface area contributed by atoms with E-state index in [-0.39, 0.29) is 27.0 Å². The first kappa shape index (κ1) is 38.8. The molecule has 2 fully saturated rings. The van der Waals surface area contributed by atoms with Crippen molar-refractivity contribution in [3.63, 3.8) is 0 Å². The summed E-state index contributed by atoms with van der Waals surface area (Å²) >= 11 is 0. The van der Waals surface area contributed by atoms with Crippen LogP contribution in [-0.4, -0.2) is 4.40 Å². The molecule has 7 heteroatoms. The van der Waals surface area contributed by atoms with Gasteiger partial charge in [-0.25, -0.2) is 4.85 Å². The number of halogens is 4. The minimum absolute atomic E-state index is 0.0532. The van der Waals surface area contributed by atoms with Crippen LogP contribution >= 0.6 is 0 Å². The third kappa shape index (κ3) is 4.90. The van der Waals surface area contributed by atoms with E-state index in [1.807, 2.05) is 16.5 Å². The highest BCUT2D eigenvalue weighted by Crippen LogP contribution is 2.63. The maximum Gasteiger partial charge on any atom is 0.298 e. The summed E-state index contributed by atoms with van der Waals surface area (Å²) in [6, 6.07) is 17.6. The molecule has 2 spiro atoms. The van der Waals surface area contributed by atoms with E-state index in [4.69, 9.17) is 6.57 Å². The normalized spacial score (nSPS) is 20.3. The lowest BCUT2D eigenvalue weighted by molar-refractivity contribution is -0.00947. The Balaban J connectivity index is 1.46. The highest BCUT2D eigenvalue weighted by Gasteiger charge is 2.56. The van der Waals surface area contributed by atoms with Crippen LogP contribution in [0.5, 0.6) is 0 Å². The predicted octanol–water partition coefficient (Wildman–Crippen LogP) is 15.8. The van der Waals surface area contributed by atoms with Crippen LogP contribution in [0, 0.1) is 17.9 Å². The Labute approximate surface area is 354 Å². The third-order valence-electron chi connectivity index (χ3n) is 16.0. The zero-order valence-electron chi connectivity index (χ0n) is 36.0. The Morgan fingerprint density at radius 2 is 1.18 bits per heavy atom. The first-order valence-electron chi connectivity index (χ1n) is 22.4. The van der Waals surface area contributed by atoms with Crippen LogP contribution in [0.2, 0.25) is 0 Å². The van der Waals surface area contributed by atoms with Crippen LogP contribution in [0.1, 0.15) is 169 Å². The molecule has 2 aromatic heterocycles. The summed E-state index contributed by atoms with van der Waals surface area (Å²) in [7, 11) is 0. The Morgan fingerprint density at radius 3 is 1.74 bits per heavy atom. The number of fused-ring (bicyclic) bond motifs is 15. The van der Waals surface area contributed by atoms with Gasteiger partial charge in [0.1, 0.15) is 0 Å². The van der Waals surface area contributed by atoms with Gasteiger partial charge in [0.25, 0.3) is 11.8 Å². The van der Waals surface area contributed by atoms with Gasteiger partial charge in [-0.05, 0) is 117 Å². The second kappa shape index (κ2) is 12.3. The van der Waals surface area contributed by atoms with E-state index in [1.54, 1.807) is 0 Å². The number of aromatic nitrogens is 1. The van der Waals surface area contributed by atoms with Crippen LogP contribution in [0.3, 0.4) is 0 Å². The molecule has 61 heavy (non-hydrogen) atoms. The number of nitrogens with zero attached hydrogens (tertiary/aromatic N) is 3. The maximum atomic E-state index is 17.6. The third-order valence-corrected chi connectivity index (χ3v) is 16.0. The number of rotatable bonds is 0. The van der Waals surface area contributed by atoms with Crippen molar-refractivity contribution in [2.45, 2.75) is 152 Å². The molecule has 2 saturated carbocycles. The largest absolute Gasteiger partial charge is 0.309 e. The summed E-state index contributed by atoms with van der Waals surface area (Å²) in [5.41, 5.74) is 2.57. The lowest BCUT2D eigenvalue weighted by Gasteiger charge is -2.52. The fourth-order valence-electron chi connectivity index (χ4n) is 13.2. The minimum Gasteiger partial charge on any atom is -0.309 e. The van der Waals surface area contributed by atoms with Crippen molar-refractivity contribution in [2.24, 2.45) is 0 Å². The Hall–Kier alpha value is -5.14.